The van der Waals surface area contributed by atoms with Crippen molar-refractivity contribution < 1.29 is 10.2 Å². The highest BCUT2D eigenvalue weighted by Crippen LogP contribution is 2.47. The van der Waals surface area contributed by atoms with Gasteiger partial charge in [-0.3, -0.25) is 0 Å². The van der Waals surface area contributed by atoms with Gasteiger partial charge < -0.3 is 10.2 Å². The topological polar surface area (TPSA) is 40.5 Å². The maximum atomic E-state index is 10.2. The fourth-order valence-electron chi connectivity index (χ4n) is 6.59. The zero-order valence-corrected chi connectivity index (χ0v) is 23.9. The third-order valence-electron chi connectivity index (χ3n) is 8.41. The van der Waals surface area contributed by atoms with Crippen molar-refractivity contribution in [3.8, 4) is 33.8 Å². The van der Waals surface area contributed by atoms with Gasteiger partial charge in [0.2, 0.25) is 0 Å². The van der Waals surface area contributed by atoms with Crippen LogP contribution < -0.4 is 0 Å². The number of thiophene rings is 2. The molecule has 0 bridgehead atoms. The average molecular weight is 575 g/mol. The standard InChI is InChI=1S/C38H22O2S2/c39-23-11-15-35-31(19-23)29-17-21(9-13-33(29)41-35)37-25-5-1-2-6-26(25)38(28-8-4-3-7-27(28)37)22-10-14-34-30(18-22)32-20-24(40)12-16-36(32)42-34/h1-20,39-40H. The zero-order valence-electron chi connectivity index (χ0n) is 22.3. The molecule has 42 heavy (non-hydrogen) atoms. The highest BCUT2D eigenvalue weighted by atomic mass is 32.1. The summed E-state index contributed by atoms with van der Waals surface area (Å²) in [5.41, 5.74) is 4.77. The van der Waals surface area contributed by atoms with Crippen molar-refractivity contribution in [3.63, 3.8) is 0 Å². The van der Waals surface area contributed by atoms with Crippen molar-refractivity contribution in [1.29, 1.82) is 0 Å². The molecule has 0 spiro atoms. The van der Waals surface area contributed by atoms with Gasteiger partial charge in [0.05, 0.1) is 0 Å². The van der Waals surface area contributed by atoms with Gasteiger partial charge in [-0.25, -0.2) is 0 Å². The quantitative estimate of drug-likeness (QED) is 0.202. The summed E-state index contributed by atoms with van der Waals surface area (Å²) in [6, 6.07) is 42.2. The van der Waals surface area contributed by atoms with E-state index < -0.39 is 0 Å². The summed E-state index contributed by atoms with van der Waals surface area (Å²) >= 11 is 3.52. The Morgan fingerprint density at radius 1 is 0.333 bits per heavy atom. The Labute approximate surface area is 249 Å². The van der Waals surface area contributed by atoms with Gasteiger partial charge in [-0.05, 0) is 104 Å². The lowest BCUT2D eigenvalue weighted by Crippen LogP contribution is -1.90. The summed E-state index contributed by atoms with van der Waals surface area (Å²) in [5, 5.41) is 29.8. The van der Waals surface area contributed by atoms with E-state index in [0.717, 1.165) is 10.8 Å². The number of hydrogen-bond acceptors (Lipinski definition) is 4. The zero-order chi connectivity index (χ0) is 27.9. The third-order valence-corrected chi connectivity index (χ3v) is 10.7. The Morgan fingerprint density at radius 3 is 1.05 bits per heavy atom. The predicted molar refractivity (Wildman–Crippen MR) is 181 cm³/mol. The van der Waals surface area contributed by atoms with Crippen molar-refractivity contribution in [2.75, 3.05) is 0 Å². The second kappa shape index (κ2) is 8.80. The maximum Gasteiger partial charge on any atom is 0.116 e. The van der Waals surface area contributed by atoms with Gasteiger partial charge in [0, 0.05) is 40.3 Å². The number of phenolic OH excluding ortho intramolecular Hbond substituents is 2. The van der Waals surface area contributed by atoms with E-state index in [2.05, 4.69) is 84.9 Å². The fourth-order valence-corrected chi connectivity index (χ4v) is 8.73. The van der Waals surface area contributed by atoms with Gasteiger partial charge in [-0.15, -0.1) is 22.7 Å². The fraction of sp³-hybridized carbons (Fsp3) is 0. The van der Waals surface area contributed by atoms with E-state index in [4.69, 9.17) is 0 Å². The van der Waals surface area contributed by atoms with E-state index in [1.807, 2.05) is 24.3 Å². The molecule has 0 aliphatic carbocycles. The van der Waals surface area contributed by atoms with Gasteiger partial charge in [0.25, 0.3) is 0 Å². The first-order valence-corrected chi connectivity index (χ1v) is 15.5. The highest BCUT2D eigenvalue weighted by molar-refractivity contribution is 7.26. The van der Waals surface area contributed by atoms with Crippen molar-refractivity contribution in [3.05, 3.63) is 121 Å². The number of aromatic hydroxyl groups is 2. The van der Waals surface area contributed by atoms with Crippen LogP contribution in [-0.4, -0.2) is 10.2 Å². The van der Waals surface area contributed by atoms with Crippen LogP contribution in [0.15, 0.2) is 121 Å². The molecule has 0 radical (unpaired) electrons. The largest absolute Gasteiger partial charge is 0.508 e. The molecular formula is C38H22O2S2. The van der Waals surface area contributed by atoms with Crippen molar-refractivity contribution in [2.24, 2.45) is 0 Å². The Kier molecular flexibility index (Phi) is 4.98. The number of phenols is 2. The van der Waals surface area contributed by atoms with Crippen LogP contribution in [0.4, 0.5) is 0 Å². The van der Waals surface area contributed by atoms with Crippen LogP contribution in [0.3, 0.4) is 0 Å². The molecule has 0 atom stereocenters. The first-order chi connectivity index (χ1) is 20.6. The molecule has 0 aliphatic rings. The molecule has 9 rings (SSSR count). The number of fused-ring (bicyclic) bond motifs is 8. The maximum absolute atomic E-state index is 10.2. The van der Waals surface area contributed by atoms with Crippen LogP contribution in [-0.2, 0) is 0 Å². The molecule has 2 nitrogen and oxygen atoms in total. The van der Waals surface area contributed by atoms with Crippen LogP contribution >= 0.6 is 22.7 Å². The SMILES string of the molecule is Oc1ccc2sc3ccc(-c4c5ccccc5c(-c5ccc6sc7ccc(O)cc7c6c5)c5ccccc45)cc3c2c1. The Balaban J connectivity index is 1.37. The second-order valence-electron chi connectivity index (χ2n) is 10.8. The predicted octanol–water partition coefficient (Wildman–Crippen LogP) is 11.5. The molecule has 0 saturated heterocycles. The summed E-state index contributed by atoms with van der Waals surface area (Å²) in [4.78, 5) is 0. The number of hydrogen-bond donors (Lipinski definition) is 2. The second-order valence-corrected chi connectivity index (χ2v) is 13.0. The van der Waals surface area contributed by atoms with E-state index in [1.54, 1.807) is 34.8 Å². The third kappa shape index (κ3) is 3.43. The monoisotopic (exact) mass is 574 g/mol. The van der Waals surface area contributed by atoms with Crippen molar-refractivity contribution in [2.45, 2.75) is 0 Å². The molecule has 4 heteroatoms. The number of rotatable bonds is 2. The molecule has 198 valence electrons. The highest BCUT2D eigenvalue weighted by Gasteiger charge is 2.18. The lowest BCUT2D eigenvalue weighted by atomic mass is 9.85. The summed E-state index contributed by atoms with van der Waals surface area (Å²) < 4.78 is 4.78. The Morgan fingerprint density at radius 2 is 0.667 bits per heavy atom. The molecule has 7 aromatic carbocycles. The molecular weight excluding hydrogens is 553 g/mol. The van der Waals surface area contributed by atoms with E-state index >= 15 is 0 Å². The van der Waals surface area contributed by atoms with E-state index in [0.29, 0.717) is 11.5 Å². The van der Waals surface area contributed by atoms with E-state index in [9.17, 15) is 10.2 Å². The van der Waals surface area contributed by atoms with Crippen molar-refractivity contribution >= 4 is 84.6 Å². The molecule has 9 aromatic rings. The minimum Gasteiger partial charge on any atom is -0.508 e. The molecule has 2 N–H and O–H groups in total. The first kappa shape index (κ1) is 23.8. The molecule has 0 saturated carbocycles. The van der Waals surface area contributed by atoms with Gasteiger partial charge in [0.1, 0.15) is 11.5 Å². The number of benzene rings is 7. The molecule has 0 fully saturated rings. The molecule has 0 unspecified atom stereocenters. The van der Waals surface area contributed by atoms with Crippen LogP contribution in [0, 0.1) is 0 Å². The van der Waals surface area contributed by atoms with Crippen LogP contribution in [0.5, 0.6) is 11.5 Å². The Hall–Kier alpha value is -4.90. The molecule has 2 heterocycles. The van der Waals surface area contributed by atoms with Crippen molar-refractivity contribution in [1.82, 2.24) is 0 Å². The van der Waals surface area contributed by atoms with Crippen LogP contribution in [0.25, 0.3) is 84.1 Å². The first-order valence-electron chi connectivity index (χ1n) is 13.9. The van der Waals surface area contributed by atoms with Gasteiger partial charge in [0.15, 0.2) is 0 Å². The molecule has 0 aliphatic heterocycles. The molecule has 2 aromatic heterocycles. The lowest BCUT2D eigenvalue weighted by Gasteiger charge is -2.18. The minimum atomic E-state index is 0.290. The van der Waals surface area contributed by atoms with Gasteiger partial charge in [-0.1, -0.05) is 60.7 Å². The van der Waals surface area contributed by atoms with Gasteiger partial charge in [-0.2, -0.15) is 0 Å². The summed E-state index contributed by atoms with van der Waals surface area (Å²) in [5.74, 6) is 0.580. The summed E-state index contributed by atoms with van der Waals surface area (Å²) in [7, 11) is 0. The van der Waals surface area contributed by atoms with Crippen LogP contribution in [0.2, 0.25) is 0 Å². The smallest absolute Gasteiger partial charge is 0.116 e. The van der Waals surface area contributed by atoms with Crippen LogP contribution in [0.1, 0.15) is 0 Å². The summed E-state index contributed by atoms with van der Waals surface area (Å²) in [6.07, 6.45) is 0. The van der Waals surface area contributed by atoms with E-state index in [-0.39, 0.29) is 0 Å². The lowest BCUT2D eigenvalue weighted by molar-refractivity contribution is 0.475. The minimum absolute atomic E-state index is 0.290. The van der Waals surface area contributed by atoms with Gasteiger partial charge >= 0.3 is 0 Å². The Bertz CT molecular complexity index is 2320. The van der Waals surface area contributed by atoms with E-state index in [1.165, 1.54) is 73.4 Å². The normalized spacial score (nSPS) is 12.0. The summed E-state index contributed by atoms with van der Waals surface area (Å²) in [6.45, 7) is 0. The molecule has 0 amide bonds. The average Bonchev–Trinajstić information content (AvgIpc) is 3.56.